The van der Waals surface area contributed by atoms with E-state index in [0.29, 0.717) is 0 Å². The van der Waals surface area contributed by atoms with E-state index in [1.54, 1.807) is 0 Å². The Kier molecular flexibility index (Phi) is 2.56. The van der Waals surface area contributed by atoms with Crippen molar-refractivity contribution in [3.8, 4) is 0 Å². The van der Waals surface area contributed by atoms with E-state index in [4.69, 9.17) is 11.6 Å². The number of aromatic nitrogens is 2. The lowest BCUT2D eigenvalue weighted by Gasteiger charge is -1.99. The minimum absolute atomic E-state index is 0.00378. The first kappa shape index (κ1) is 9.31. The predicted octanol–water partition coefficient (Wildman–Crippen LogP) is 1.91. The second kappa shape index (κ2) is 3.30. The average molecular weight is 201 g/mol. The molecule has 1 aromatic heterocycles. The van der Waals surface area contributed by atoms with E-state index in [2.05, 4.69) is 14.6 Å². The van der Waals surface area contributed by atoms with E-state index in [9.17, 15) is 13.2 Å². The number of rotatable bonds is 2. The van der Waals surface area contributed by atoms with Crippen LogP contribution >= 0.6 is 11.6 Å². The molecular weight excluding hydrogens is 197 g/mol. The van der Waals surface area contributed by atoms with Crippen LogP contribution in [0.5, 0.6) is 0 Å². The van der Waals surface area contributed by atoms with Crippen molar-refractivity contribution in [2.45, 2.75) is 18.5 Å². The molecule has 0 aliphatic carbocycles. The molecule has 0 saturated heterocycles. The van der Waals surface area contributed by atoms with Crippen molar-refractivity contribution < 1.29 is 17.6 Å². The third-order valence-corrected chi connectivity index (χ3v) is 1.20. The quantitative estimate of drug-likeness (QED) is 0.685. The fourth-order valence-corrected chi connectivity index (χ4v) is 0.693. The minimum atomic E-state index is -4.32. The van der Waals surface area contributed by atoms with Crippen molar-refractivity contribution >= 4 is 11.6 Å². The fraction of sp³-hybridized carbons (Fsp3) is 0.600. The highest BCUT2D eigenvalue weighted by atomic mass is 35.5. The Balaban J connectivity index is 2.64. The van der Waals surface area contributed by atoms with Crippen LogP contribution in [0.3, 0.4) is 0 Å². The van der Waals surface area contributed by atoms with Gasteiger partial charge in [0.15, 0.2) is 0 Å². The van der Waals surface area contributed by atoms with Crippen LogP contribution < -0.4 is 0 Å². The van der Waals surface area contributed by atoms with Gasteiger partial charge >= 0.3 is 6.18 Å². The molecule has 0 amide bonds. The molecule has 0 radical (unpaired) electrons. The first-order valence-electron chi connectivity index (χ1n) is 2.95. The van der Waals surface area contributed by atoms with E-state index in [1.807, 2.05) is 0 Å². The summed E-state index contributed by atoms with van der Waals surface area (Å²) in [6, 6.07) is 0. The normalized spacial score (nSPS) is 12.0. The molecule has 0 fully saturated rings. The Morgan fingerprint density at radius 3 is 2.25 bits per heavy atom. The summed E-state index contributed by atoms with van der Waals surface area (Å²) in [6.07, 6.45) is -5.53. The van der Waals surface area contributed by atoms with Gasteiger partial charge in [-0.05, 0) is 0 Å². The topological polar surface area (TPSA) is 38.9 Å². The molecule has 1 heterocycles. The third kappa shape index (κ3) is 2.69. The Bertz CT molecular complexity index is 259. The van der Waals surface area contributed by atoms with E-state index in [1.165, 1.54) is 0 Å². The largest absolute Gasteiger partial charge is 0.424 e. The second-order valence-corrected chi connectivity index (χ2v) is 2.28. The van der Waals surface area contributed by atoms with Gasteiger partial charge in [0.2, 0.25) is 11.8 Å². The van der Waals surface area contributed by atoms with Crippen molar-refractivity contribution in [3.63, 3.8) is 0 Å². The molecule has 0 aromatic carbocycles. The van der Waals surface area contributed by atoms with Crippen LogP contribution in [-0.4, -0.2) is 16.4 Å². The molecule has 0 saturated carbocycles. The SMILES string of the molecule is FC(F)(F)Cc1nnc(CCl)o1. The minimum Gasteiger partial charge on any atom is -0.424 e. The van der Waals surface area contributed by atoms with E-state index in [0.717, 1.165) is 0 Å². The standard InChI is InChI=1S/C5H4ClF3N2O/c6-2-4-11-10-3(12-4)1-5(7,8)9/h1-2H2. The molecule has 68 valence electrons. The number of alkyl halides is 4. The summed E-state index contributed by atoms with van der Waals surface area (Å²) in [4.78, 5) is 0. The lowest BCUT2D eigenvalue weighted by molar-refractivity contribution is -0.130. The molecule has 0 aliphatic rings. The Morgan fingerprint density at radius 1 is 1.25 bits per heavy atom. The molecule has 1 rings (SSSR count). The molecule has 1 aromatic rings. The van der Waals surface area contributed by atoms with Crippen LogP contribution in [0, 0.1) is 0 Å². The molecule has 0 aliphatic heterocycles. The lowest BCUT2D eigenvalue weighted by atomic mass is 10.4. The van der Waals surface area contributed by atoms with Crippen molar-refractivity contribution in [1.82, 2.24) is 10.2 Å². The fourth-order valence-electron chi connectivity index (χ4n) is 0.585. The lowest BCUT2D eigenvalue weighted by Crippen LogP contribution is -2.11. The van der Waals surface area contributed by atoms with Crippen LogP contribution in [-0.2, 0) is 12.3 Å². The van der Waals surface area contributed by atoms with Gasteiger partial charge in [-0.2, -0.15) is 13.2 Å². The van der Waals surface area contributed by atoms with E-state index >= 15 is 0 Å². The van der Waals surface area contributed by atoms with E-state index < -0.39 is 18.5 Å². The number of halogens is 4. The maximum atomic E-state index is 11.7. The van der Waals surface area contributed by atoms with Gasteiger partial charge in [0, 0.05) is 0 Å². The Morgan fingerprint density at radius 2 is 1.83 bits per heavy atom. The van der Waals surface area contributed by atoms with Crippen LogP contribution in [0.2, 0.25) is 0 Å². The van der Waals surface area contributed by atoms with Crippen LogP contribution in [0.25, 0.3) is 0 Å². The van der Waals surface area contributed by atoms with Gasteiger partial charge in [-0.1, -0.05) is 0 Å². The zero-order chi connectivity index (χ0) is 9.19. The van der Waals surface area contributed by atoms with Crippen molar-refractivity contribution in [2.24, 2.45) is 0 Å². The summed E-state index contributed by atoms with van der Waals surface area (Å²) in [5.41, 5.74) is 0. The van der Waals surface area contributed by atoms with Gasteiger partial charge < -0.3 is 4.42 Å². The van der Waals surface area contributed by atoms with Gasteiger partial charge in [0.1, 0.15) is 12.3 Å². The molecule has 0 N–H and O–H groups in total. The molecule has 7 heteroatoms. The smallest absolute Gasteiger partial charge is 0.397 e. The summed E-state index contributed by atoms with van der Waals surface area (Å²) in [5, 5.41) is 6.42. The first-order chi connectivity index (χ1) is 5.51. The summed E-state index contributed by atoms with van der Waals surface area (Å²) < 4.78 is 39.6. The summed E-state index contributed by atoms with van der Waals surface area (Å²) >= 11 is 5.23. The molecule has 0 atom stereocenters. The van der Waals surface area contributed by atoms with Gasteiger partial charge in [0.05, 0.1) is 0 Å². The zero-order valence-electron chi connectivity index (χ0n) is 5.73. The number of nitrogens with zero attached hydrogens (tertiary/aromatic N) is 2. The third-order valence-electron chi connectivity index (χ3n) is 0.975. The maximum Gasteiger partial charge on any atom is 0.397 e. The van der Waals surface area contributed by atoms with Crippen molar-refractivity contribution in [2.75, 3.05) is 0 Å². The molecule has 12 heavy (non-hydrogen) atoms. The molecule has 0 bridgehead atoms. The van der Waals surface area contributed by atoms with Crippen LogP contribution in [0.4, 0.5) is 13.2 Å². The summed E-state index contributed by atoms with van der Waals surface area (Å²) in [7, 11) is 0. The zero-order valence-corrected chi connectivity index (χ0v) is 6.48. The van der Waals surface area contributed by atoms with Gasteiger partial charge in [-0.25, -0.2) is 0 Å². The van der Waals surface area contributed by atoms with E-state index in [-0.39, 0.29) is 11.8 Å². The van der Waals surface area contributed by atoms with Gasteiger partial charge in [0.25, 0.3) is 0 Å². The van der Waals surface area contributed by atoms with Gasteiger partial charge in [-0.15, -0.1) is 21.8 Å². The van der Waals surface area contributed by atoms with Gasteiger partial charge in [-0.3, -0.25) is 0 Å². The Hall–Kier alpha value is -0.780. The van der Waals surface area contributed by atoms with Crippen molar-refractivity contribution in [3.05, 3.63) is 11.8 Å². The second-order valence-electron chi connectivity index (χ2n) is 2.02. The Labute approximate surface area is 70.5 Å². The van der Waals surface area contributed by atoms with Crippen LogP contribution in [0.1, 0.15) is 11.8 Å². The number of hydrogen-bond acceptors (Lipinski definition) is 3. The average Bonchev–Trinajstić information content (AvgIpc) is 2.32. The van der Waals surface area contributed by atoms with Crippen LogP contribution in [0.15, 0.2) is 4.42 Å². The highest BCUT2D eigenvalue weighted by Gasteiger charge is 2.30. The molecule has 3 nitrogen and oxygen atoms in total. The maximum absolute atomic E-state index is 11.7. The highest BCUT2D eigenvalue weighted by Crippen LogP contribution is 2.20. The molecular formula is C5H4ClF3N2O. The molecule has 0 unspecified atom stereocenters. The summed E-state index contributed by atoms with van der Waals surface area (Å²) in [5.74, 6) is -0.542. The highest BCUT2D eigenvalue weighted by molar-refractivity contribution is 6.16. The number of hydrogen-bond donors (Lipinski definition) is 0. The molecule has 0 spiro atoms. The first-order valence-corrected chi connectivity index (χ1v) is 3.48. The predicted molar refractivity (Wildman–Crippen MR) is 33.6 cm³/mol. The monoisotopic (exact) mass is 200 g/mol. The van der Waals surface area contributed by atoms with Crippen molar-refractivity contribution in [1.29, 1.82) is 0 Å². The summed E-state index contributed by atoms with van der Waals surface area (Å²) in [6.45, 7) is 0.